The Labute approximate surface area is 84.2 Å². The molecular formula is C10H14N2S. The minimum atomic E-state index is 0.813. The summed E-state index contributed by atoms with van der Waals surface area (Å²) in [6.45, 7) is 2.07. The molecular weight excluding hydrogens is 180 g/mol. The second-order valence-electron chi connectivity index (χ2n) is 2.96. The molecule has 0 amide bonds. The van der Waals surface area contributed by atoms with Crippen LogP contribution >= 0.6 is 12.6 Å². The number of thiol groups is 1. The molecule has 3 heteroatoms. The van der Waals surface area contributed by atoms with Gasteiger partial charge < -0.3 is 5.43 Å². The molecule has 1 aromatic carbocycles. The smallest absolute Gasteiger partial charge is 0.0219 e. The Hall–Kier alpha value is -0.930. The number of aryl methyl sites for hydroxylation is 1. The Kier molecular flexibility index (Phi) is 3.86. The lowest BCUT2D eigenvalue weighted by Gasteiger charge is -2.01. The molecule has 70 valence electrons. The normalized spacial score (nSPS) is 11.5. The zero-order valence-electron chi connectivity index (χ0n) is 7.62. The first-order valence-electron chi connectivity index (χ1n) is 4.12. The average molecular weight is 194 g/mol. The van der Waals surface area contributed by atoms with Crippen LogP contribution in [0.4, 0.5) is 0 Å². The van der Waals surface area contributed by atoms with Gasteiger partial charge in [0.05, 0.1) is 0 Å². The van der Waals surface area contributed by atoms with E-state index in [0.717, 1.165) is 11.3 Å². The van der Waals surface area contributed by atoms with E-state index in [1.54, 1.807) is 6.20 Å². The largest absolute Gasteiger partial charge is 0.331 e. The molecule has 0 saturated heterocycles. The molecule has 0 spiro atoms. The third-order valence-electron chi connectivity index (χ3n) is 1.76. The van der Waals surface area contributed by atoms with E-state index in [1.807, 2.05) is 0 Å². The molecule has 0 fully saturated rings. The van der Waals surface area contributed by atoms with E-state index in [-0.39, 0.29) is 0 Å². The molecule has 3 N–H and O–H groups in total. The predicted octanol–water partition coefficient (Wildman–Crippen LogP) is 1.77. The quantitative estimate of drug-likeness (QED) is 0.390. The first kappa shape index (κ1) is 10.2. The Morgan fingerprint density at radius 3 is 2.62 bits per heavy atom. The summed E-state index contributed by atoms with van der Waals surface area (Å²) in [5.74, 6) is 5.13. The van der Waals surface area contributed by atoms with Gasteiger partial charge in [-0.3, -0.25) is 5.84 Å². The fourth-order valence-electron chi connectivity index (χ4n) is 1.06. The van der Waals surface area contributed by atoms with Crippen molar-refractivity contribution in [2.45, 2.75) is 13.3 Å². The van der Waals surface area contributed by atoms with Crippen LogP contribution in [0.3, 0.4) is 0 Å². The van der Waals surface area contributed by atoms with Crippen molar-refractivity contribution in [3.05, 3.63) is 46.5 Å². The van der Waals surface area contributed by atoms with Gasteiger partial charge >= 0.3 is 0 Å². The monoisotopic (exact) mass is 194 g/mol. The van der Waals surface area contributed by atoms with Crippen molar-refractivity contribution in [1.29, 1.82) is 0 Å². The Morgan fingerprint density at radius 2 is 2.08 bits per heavy atom. The van der Waals surface area contributed by atoms with Gasteiger partial charge in [-0.25, -0.2) is 0 Å². The van der Waals surface area contributed by atoms with Crippen molar-refractivity contribution in [3.63, 3.8) is 0 Å². The number of nitrogens with two attached hydrogens (primary N) is 1. The van der Waals surface area contributed by atoms with Crippen molar-refractivity contribution in [1.82, 2.24) is 5.43 Å². The number of hydrogen-bond acceptors (Lipinski definition) is 3. The summed E-state index contributed by atoms with van der Waals surface area (Å²) in [4.78, 5) is 0.923. The molecule has 0 bridgehead atoms. The van der Waals surface area contributed by atoms with Crippen LogP contribution in [0.15, 0.2) is 35.4 Å². The summed E-state index contributed by atoms with van der Waals surface area (Å²) in [7, 11) is 0. The number of hydrazine groups is 1. The zero-order valence-corrected chi connectivity index (χ0v) is 8.51. The maximum atomic E-state index is 5.13. The predicted molar refractivity (Wildman–Crippen MR) is 59.3 cm³/mol. The summed E-state index contributed by atoms with van der Waals surface area (Å²) in [6.07, 6.45) is 2.50. The summed E-state index contributed by atoms with van der Waals surface area (Å²) in [6, 6.07) is 8.37. The topological polar surface area (TPSA) is 38.0 Å². The van der Waals surface area contributed by atoms with Gasteiger partial charge in [-0.2, -0.15) is 0 Å². The van der Waals surface area contributed by atoms with Crippen LogP contribution in [-0.4, -0.2) is 0 Å². The first-order chi connectivity index (χ1) is 6.22. The average Bonchev–Trinajstić information content (AvgIpc) is 2.09. The number of allylic oxidation sites excluding steroid dienone is 1. The molecule has 0 aliphatic rings. The number of nitrogens with one attached hydrogen (secondary N) is 1. The molecule has 1 aromatic rings. The van der Waals surface area contributed by atoms with Gasteiger partial charge in [0.15, 0.2) is 0 Å². The minimum absolute atomic E-state index is 0.813. The van der Waals surface area contributed by atoms with Crippen LogP contribution in [0, 0.1) is 6.92 Å². The molecule has 2 nitrogen and oxygen atoms in total. The van der Waals surface area contributed by atoms with Crippen LogP contribution in [0.1, 0.15) is 11.1 Å². The number of benzene rings is 1. The highest BCUT2D eigenvalue weighted by molar-refractivity contribution is 7.84. The molecule has 0 unspecified atom stereocenters. The van der Waals surface area contributed by atoms with Crippen molar-refractivity contribution >= 4 is 12.6 Å². The SMILES string of the molecule is Cc1ccc(C/C(S)=C/NN)cc1. The van der Waals surface area contributed by atoms with Crippen LogP contribution in [-0.2, 0) is 6.42 Å². The molecule has 0 heterocycles. The lowest BCUT2D eigenvalue weighted by molar-refractivity contribution is 0.955. The van der Waals surface area contributed by atoms with Crippen LogP contribution in [0.5, 0.6) is 0 Å². The van der Waals surface area contributed by atoms with Crippen LogP contribution < -0.4 is 11.3 Å². The van der Waals surface area contributed by atoms with Gasteiger partial charge in [-0.15, -0.1) is 12.6 Å². The first-order valence-corrected chi connectivity index (χ1v) is 4.57. The van der Waals surface area contributed by atoms with Crippen molar-refractivity contribution in [3.8, 4) is 0 Å². The molecule has 13 heavy (non-hydrogen) atoms. The van der Waals surface area contributed by atoms with Gasteiger partial charge in [0.25, 0.3) is 0 Å². The van der Waals surface area contributed by atoms with E-state index in [1.165, 1.54) is 11.1 Å². The summed E-state index contributed by atoms with van der Waals surface area (Å²) < 4.78 is 0. The highest BCUT2D eigenvalue weighted by Gasteiger charge is 1.94. The van der Waals surface area contributed by atoms with Crippen molar-refractivity contribution in [2.75, 3.05) is 0 Å². The fraction of sp³-hybridized carbons (Fsp3) is 0.200. The third-order valence-corrected chi connectivity index (χ3v) is 2.04. The van der Waals surface area contributed by atoms with E-state index in [4.69, 9.17) is 5.84 Å². The number of rotatable bonds is 3. The molecule has 0 aliphatic heterocycles. The van der Waals surface area contributed by atoms with E-state index < -0.39 is 0 Å². The third kappa shape index (κ3) is 3.53. The summed E-state index contributed by atoms with van der Waals surface area (Å²) in [5.41, 5.74) is 4.97. The molecule has 0 atom stereocenters. The summed E-state index contributed by atoms with van der Waals surface area (Å²) >= 11 is 4.27. The molecule has 0 saturated carbocycles. The van der Waals surface area contributed by atoms with E-state index in [9.17, 15) is 0 Å². The maximum absolute atomic E-state index is 5.13. The molecule has 1 rings (SSSR count). The van der Waals surface area contributed by atoms with E-state index in [2.05, 4.69) is 49.2 Å². The van der Waals surface area contributed by atoms with Gasteiger partial charge in [0, 0.05) is 17.5 Å². The number of hydrogen-bond donors (Lipinski definition) is 3. The highest BCUT2D eigenvalue weighted by atomic mass is 32.1. The summed E-state index contributed by atoms with van der Waals surface area (Å²) in [5, 5.41) is 0. The zero-order chi connectivity index (χ0) is 9.68. The standard InChI is InChI=1S/C10H14N2S/c1-8-2-4-9(5-3-8)6-10(13)7-12-11/h2-5,7,12-13H,6,11H2,1H3/b10-7-. The Balaban J connectivity index is 2.64. The highest BCUT2D eigenvalue weighted by Crippen LogP contribution is 2.11. The van der Waals surface area contributed by atoms with E-state index >= 15 is 0 Å². The minimum Gasteiger partial charge on any atom is -0.331 e. The van der Waals surface area contributed by atoms with Gasteiger partial charge in [-0.05, 0) is 12.5 Å². The Morgan fingerprint density at radius 1 is 1.46 bits per heavy atom. The van der Waals surface area contributed by atoms with Crippen molar-refractivity contribution in [2.24, 2.45) is 5.84 Å². The van der Waals surface area contributed by atoms with Gasteiger partial charge in [0.2, 0.25) is 0 Å². The lowest BCUT2D eigenvalue weighted by atomic mass is 10.1. The lowest BCUT2D eigenvalue weighted by Crippen LogP contribution is -2.13. The fourth-order valence-corrected chi connectivity index (χ4v) is 1.32. The van der Waals surface area contributed by atoms with E-state index in [0.29, 0.717) is 0 Å². The maximum Gasteiger partial charge on any atom is 0.0219 e. The molecule has 0 radical (unpaired) electrons. The molecule has 0 aromatic heterocycles. The van der Waals surface area contributed by atoms with Gasteiger partial charge in [0.1, 0.15) is 0 Å². The Bertz CT molecular complexity index is 290. The van der Waals surface area contributed by atoms with Crippen LogP contribution in [0.2, 0.25) is 0 Å². The molecule has 0 aliphatic carbocycles. The second-order valence-corrected chi connectivity index (χ2v) is 3.54. The second kappa shape index (κ2) is 4.94. The van der Waals surface area contributed by atoms with Crippen LogP contribution in [0.25, 0.3) is 0 Å². The van der Waals surface area contributed by atoms with Crippen molar-refractivity contribution < 1.29 is 0 Å². The van der Waals surface area contributed by atoms with Gasteiger partial charge in [-0.1, -0.05) is 29.8 Å².